The van der Waals surface area contributed by atoms with E-state index in [0.717, 1.165) is 30.2 Å². The standard InChI is InChI=1S/C10H16N2OS/c1-14-6-2-5-13-10-4-3-9(7-11)12-8-10/h3-4,8H,2,5-7,11H2,1H3. The van der Waals surface area contributed by atoms with Gasteiger partial charge in [0.1, 0.15) is 5.75 Å². The Hall–Kier alpha value is -0.740. The molecular weight excluding hydrogens is 196 g/mol. The average molecular weight is 212 g/mol. The molecular formula is C10H16N2OS. The van der Waals surface area contributed by atoms with Crippen molar-refractivity contribution in [1.82, 2.24) is 4.98 Å². The largest absolute Gasteiger partial charge is 0.492 e. The highest BCUT2D eigenvalue weighted by Crippen LogP contribution is 2.09. The van der Waals surface area contributed by atoms with Crippen molar-refractivity contribution < 1.29 is 4.74 Å². The number of rotatable bonds is 6. The van der Waals surface area contributed by atoms with Crippen LogP contribution in [0.3, 0.4) is 0 Å². The lowest BCUT2D eigenvalue weighted by molar-refractivity contribution is 0.317. The van der Waals surface area contributed by atoms with Crippen LogP contribution in [0.15, 0.2) is 18.3 Å². The van der Waals surface area contributed by atoms with Gasteiger partial charge in [0.15, 0.2) is 0 Å². The van der Waals surface area contributed by atoms with Gasteiger partial charge in [-0.05, 0) is 30.6 Å². The van der Waals surface area contributed by atoms with Crippen LogP contribution < -0.4 is 10.5 Å². The third kappa shape index (κ3) is 3.98. The minimum Gasteiger partial charge on any atom is -0.492 e. The lowest BCUT2D eigenvalue weighted by Crippen LogP contribution is -2.01. The molecule has 1 aromatic rings. The fourth-order valence-electron chi connectivity index (χ4n) is 1.01. The number of nitrogens with two attached hydrogens (primary N) is 1. The summed E-state index contributed by atoms with van der Waals surface area (Å²) < 4.78 is 5.49. The van der Waals surface area contributed by atoms with E-state index in [4.69, 9.17) is 10.5 Å². The van der Waals surface area contributed by atoms with Crippen molar-refractivity contribution in [2.75, 3.05) is 18.6 Å². The number of hydrogen-bond donors (Lipinski definition) is 1. The summed E-state index contributed by atoms with van der Waals surface area (Å²) in [5.74, 6) is 1.96. The van der Waals surface area contributed by atoms with Crippen LogP contribution >= 0.6 is 11.8 Å². The monoisotopic (exact) mass is 212 g/mol. The van der Waals surface area contributed by atoms with Gasteiger partial charge in [-0.2, -0.15) is 11.8 Å². The summed E-state index contributed by atoms with van der Waals surface area (Å²) in [4.78, 5) is 4.14. The lowest BCUT2D eigenvalue weighted by Gasteiger charge is -2.05. The molecule has 0 bridgehead atoms. The van der Waals surface area contributed by atoms with Crippen LogP contribution in [0.5, 0.6) is 5.75 Å². The zero-order valence-electron chi connectivity index (χ0n) is 8.40. The predicted octanol–water partition coefficient (Wildman–Crippen LogP) is 1.67. The Labute approximate surface area is 89.1 Å². The normalized spacial score (nSPS) is 10.1. The maximum Gasteiger partial charge on any atom is 0.137 e. The smallest absolute Gasteiger partial charge is 0.137 e. The van der Waals surface area contributed by atoms with Gasteiger partial charge in [0.2, 0.25) is 0 Å². The molecule has 2 N–H and O–H groups in total. The molecule has 0 spiro atoms. The van der Waals surface area contributed by atoms with Gasteiger partial charge >= 0.3 is 0 Å². The van der Waals surface area contributed by atoms with Gasteiger partial charge in [-0.3, -0.25) is 4.98 Å². The van der Waals surface area contributed by atoms with E-state index >= 15 is 0 Å². The van der Waals surface area contributed by atoms with Gasteiger partial charge < -0.3 is 10.5 Å². The first-order valence-corrected chi connectivity index (χ1v) is 6.03. The van der Waals surface area contributed by atoms with Crippen molar-refractivity contribution in [3.05, 3.63) is 24.0 Å². The summed E-state index contributed by atoms with van der Waals surface area (Å²) >= 11 is 1.83. The molecule has 0 aliphatic rings. The van der Waals surface area contributed by atoms with E-state index in [9.17, 15) is 0 Å². The van der Waals surface area contributed by atoms with Gasteiger partial charge in [-0.1, -0.05) is 0 Å². The number of aromatic nitrogens is 1. The highest BCUT2D eigenvalue weighted by Gasteiger charge is 1.94. The second-order valence-corrected chi connectivity index (χ2v) is 3.87. The first-order valence-electron chi connectivity index (χ1n) is 4.63. The molecule has 0 saturated carbocycles. The minimum atomic E-state index is 0.479. The number of hydrogen-bond acceptors (Lipinski definition) is 4. The Morgan fingerprint density at radius 1 is 1.50 bits per heavy atom. The Kier molecular flexibility index (Phi) is 5.40. The molecule has 0 aliphatic heterocycles. The molecule has 0 unspecified atom stereocenters. The molecule has 0 atom stereocenters. The Morgan fingerprint density at radius 2 is 2.36 bits per heavy atom. The molecule has 1 rings (SSSR count). The molecule has 0 saturated heterocycles. The molecule has 3 nitrogen and oxygen atoms in total. The van der Waals surface area contributed by atoms with Gasteiger partial charge in [-0.15, -0.1) is 0 Å². The van der Waals surface area contributed by atoms with E-state index < -0.39 is 0 Å². The zero-order chi connectivity index (χ0) is 10.2. The van der Waals surface area contributed by atoms with Crippen LogP contribution in [0.1, 0.15) is 12.1 Å². The molecule has 1 heterocycles. The molecule has 0 aliphatic carbocycles. The Bertz CT molecular complexity index is 251. The van der Waals surface area contributed by atoms with Crippen molar-refractivity contribution in [2.45, 2.75) is 13.0 Å². The number of ether oxygens (including phenoxy) is 1. The fourth-order valence-corrected chi connectivity index (χ4v) is 1.42. The lowest BCUT2D eigenvalue weighted by atomic mass is 10.3. The molecule has 0 radical (unpaired) electrons. The summed E-state index contributed by atoms with van der Waals surface area (Å²) in [5.41, 5.74) is 6.32. The van der Waals surface area contributed by atoms with Crippen LogP contribution in [0.2, 0.25) is 0 Å². The van der Waals surface area contributed by atoms with E-state index in [1.54, 1.807) is 6.20 Å². The third-order valence-corrected chi connectivity index (χ3v) is 2.47. The topological polar surface area (TPSA) is 48.1 Å². The predicted molar refractivity (Wildman–Crippen MR) is 60.6 cm³/mol. The molecule has 14 heavy (non-hydrogen) atoms. The van der Waals surface area contributed by atoms with Crippen LogP contribution in [-0.4, -0.2) is 23.6 Å². The summed E-state index contributed by atoms with van der Waals surface area (Å²) in [6.07, 6.45) is 4.89. The van der Waals surface area contributed by atoms with Crippen molar-refractivity contribution in [3.8, 4) is 5.75 Å². The SMILES string of the molecule is CSCCCOc1ccc(CN)nc1. The molecule has 0 amide bonds. The number of nitrogens with zero attached hydrogens (tertiary/aromatic N) is 1. The highest BCUT2D eigenvalue weighted by atomic mass is 32.2. The van der Waals surface area contributed by atoms with E-state index in [1.807, 2.05) is 23.9 Å². The molecule has 0 fully saturated rings. The second-order valence-electron chi connectivity index (χ2n) is 2.88. The van der Waals surface area contributed by atoms with E-state index in [0.29, 0.717) is 6.54 Å². The van der Waals surface area contributed by atoms with Crippen LogP contribution in [0.25, 0.3) is 0 Å². The number of thioether (sulfide) groups is 1. The van der Waals surface area contributed by atoms with E-state index in [1.165, 1.54) is 0 Å². The molecule has 1 aromatic heterocycles. The summed E-state index contributed by atoms with van der Waals surface area (Å²) in [6.45, 7) is 1.23. The maximum absolute atomic E-state index is 5.49. The zero-order valence-corrected chi connectivity index (χ0v) is 9.22. The summed E-state index contributed by atoms with van der Waals surface area (Å²) in [7, 11) is 0. The summed E-state index contributed by atoms with van der Waals surface area (Å²) in [6, 6.07) is 3.80. The minimum absolute atomic E-state index is 0.479. The van der Waals surface area contributed by atoms with Gasteiger partial charge in [0.05, 0.1) is 18.5 Å². The molecule has 4 heteroatoms. The van der Waals surface area contributed by atoms with E-state index in [-0.39, 0.29) is 0 Å². The molecule has 78 valence electrons. The van der Waals surface area contributed by atoms with Crippen molar-refractivity contribution in [1.29, 1.82) is 0 Å². The van der Waals surface area contributed by atoms with Crippen LogP contribution in [0.4, 0.5) is 0 Å². The van der Waals surface area contributed by atoms with Crippen LogP contribution in [0, 0.1) is 0 Å². The average Bonchev–Trinajstić information content (AvgIpc) is 2.25. The second kappa shape index (κ2) is 6.68. The molecule has 0 aromatic carbocycles. The Morgan fingerprint density at radius 3 is 2.93 bits per heavy atom. The van der Waals surface area contributed by atoms with Crippen molar-refractivity contribution in [2.24, 2.45) is 5.73 Å². The van der Waals surface area contributed by atoms with Crippen LogP contribution in [-0.2, 0) is 6.54 Å². The quantitative estimate of drug-likeness (QED) is 0.729. The van der Waals surface area contributed by atoms with E-state index in [2.05, 4.69) is 11.2 Å². The maximum atomic E-state index is 5.49. The fraction of sp³-hybridized carbons (Fsp3) is 0.500. The van der Waals surface area contributed by atoms with Gasteiger partial charge in [-0.25, -0.2) is 0 Å². The highest BCUT2D eigenvalue weighted by molar-refractivity contribution is 7.98. The van der Waals surface area contributed by atoms with Gasteiger partial charge in [0.25, 0.3) is 0 Å². The summed E-state index contributed by atoms with van der Waals surface area (Å²) in [5, 5.41) is 0. The van der Waals surface area contributed by atoms with Crippen molar-refractivity contribution in [3.63, 3.8) is 0 Å². The Balaban J connectivity index is 2.29. The first kappa shape index (κ1) is 11.3. The first-order chi connectivity index (χ1) is 6.86. The van der Waals surface area contributed by atoms with Crippen molar-refractivity contribution >= 4 is 11.8 Å². The number of pyridine rings is 1. The third-order valence-electron chi connectivity index (χ3n) is 1.77. The van der Waals surface area contributed by atoms with Gasteiger partial charge in [0, 0.05) is 6.54 Å².